The van der Waals surface area contributed by atoms with Crippen molar-refractivity contribution < 1.29 is 4.39 Å². The summed E-state index contributed by atoms with van der Waals surface area (Å²) in [5, 5.41) is 4.64. The van der Waals surface area contributed by atoms with E-state index in [0.717, 1.165) is 11.3 Å². The van der Waals surface area contributed by atoms with Crippen LogP contribution in [0.4, 0.5) is 4.39 Å². The average Bonchev–Trinajstić information content (AvgIpc) is 2.64. The summed E-state index contributed by atoms with van der Waals surface area (Å²) >= 11 is 3.28. The molecule has 1 aromatic heterocycles. The Hall–Kier alpha value is -1.16. The van der Waals surface area contributed by atoms with E-state index in [2.05, 4.69) is 21.0 Å². The Balaban J connectivity index is 2.57. The Kier molecular flexibility index (Phi) is 2.86. The summed E-state index contributed by atoms with van der Waals surface area (Å²) in [6.45, 7) is 1.95. The van der Waals surface area contributed by atoms with E-state index in [1.54, 1.807) is 16.9 Å². The van der Waals surface area contributed by atoms with Gasteiger partial charge in [0, 0.05) is 17.1 Å². The van der Waals surface area contributed by atoms with Crippen molar-refractivity contribution in [2.24, 2.45) is 0 Å². The normalized spacial score (nSPS) is 10.6. The first-order chi connectivity index (χ1) is 7.22. The number of hydrogen-bond acceptors (Lipinski definition) is 1. The number of aryl methyl sites for hydroxylation is 1. The molecule has 0 saturated carbocycles. The SMILES string of the molecule is Cc1cnn(-c2cccc(F)c2CBr)c1. The molecule has 0 N–H and O–H groups in total. The van der Waals surface area contributed by atoms with Gasteiger partial charge in [-0.05, 0) is 24.6 Å². The van der Waals surface area contributed by atoms with E-state index in [4.69, 9.17) is 0 Å². The summed E-state index contributed by atoms with van der Waals surface area (Å²) in [6.07, 6.45) is 3.63. The molecule has 78 valence electrons. The minimum absolute atomic E-state index is 0.211. The van der Waals surface area contributed by atoms with Crippen LogP contribution in [-0.2, 0) is 5.33 Å². The fourth-order valence-electron chi connectivity index (χ4n) is 1.44. The van der Waals surface area contributed by atoms with Gasteiger partial charge >= 0.3 is 0 Å². The molecular formula is C11H10BrFN2. The first-order valence-electron chi connectivity index (χ1n) is 4.57. The van der Waals surface area contributed by atoms with E-state index in [1.807, 2.05) is 19.2 Å². The molecular weight excluding hydrogens is 259 g/mol. The predicted octanol–water partition coefficient (Wildman–Crippen LogP) is 3.21. The van der Waals surface area contributed by atoms with E-state index in [-0.39, 0.29) is 5.82 Å². The summed E-state index contributed by atoms with van der Waals surface area (Å²) in [4.78, 5) is 0. The molecule has 2 rings (SSSR count). The average molecular weight is 269 g/mol. The highest BCUT2D eigenvalue weighted by Crippen LogP contribution is 2.20. The van der Waals surface area contributed by atoms with Crippen molar-refractivity contribution in [3.05, 3.63) is 47.5 Å². The lowest BCUT2D eigenvalue weighted by Gasteiger charge is -2.07. The topological polar surface area (TPSA) is 17.8 Å². The van der Waals surface area contributed by atoms with Crippen LogP contribution < -0.4 is 0 Å². The maximum absolute atomic E-state index is 13.5. The zero-order valence-electron chi connectivity index (χ0n) is 8.24. The molecule has 0 fully saturated rings. The third-order valence-corrected chi connectivity index (χ3v) is 2.75. The zero-order valence-corrected chi connectivity index (χ0v) is 9.83. The molecule has 2 nitrogen and oxygen atoms in total. The van der Waals surface area contributed by atoms with Gasteiger partial charge in [-0.3, -0.25) is 0 Å². The van der Waals surface area contributed by atoms with Crippen LogP contribution in [-0.4, -0.2) is 9.78 Å². The van der Waals surface area contributed by atoms with Crippen LogP contribution in [0.3, 0.4) is 0 Å². The van der Waals surface area contributed by atoms with Crippen molar-refractivity contribution in [3.63, 3.8) is 0 Å². The van der Waals surface area contributed by atoms with Gasteiger partial charge in [-0.1, -0.05) is 22.0 Å². The standard InChI is InChI=1S/C11H10BrFN2/c1-8-6-14-15(7-8)11-4-2-3-10(13)9(11)5-12/h2-4,6-7H,5H2,1H3. The van der Waals surface area contributed by atoms with Gasteiger partial charge in [0.25, 0.3) is 0 Å². The first-order valence-corrected chi connectivity index (χ1v) is 5.69. The fraction of sp³-hybridized carbons (Fsp3) is 0.182. The van der Waals surface area contributed by atoms with Crippen LogP contribution in [0.5, 0.6) is 0 Å². The summed E-state index contributed by atoms with van der Waals surface area (Å²) in [5.74, 6) is -0.211. The van der Waals surface area contributed by atoms with Gasteiger partial charge in [-0.2, -0.15) is 5.10 Å². The Bertz CT molecular complexity index is 479. The molecule has 0 unspecified atom stereocenters. The quantitative estimate of drug-likeness (QED) is 0.765. The molecule has 1 aromatic carbocycles. The van der Waals surface area contributed by atoms with E-state index in [1.165, 1.54) is 6.07 Å². The number of nitrogens with zero attached hydrogens (tertiary/aromatic N) is 2. The lowest BCUT2D eigenvalue weighted by Crippen LogP contribution is -2.00. The summed E-state index contributed by atoms with van der Waals surface area (Å²) < 4.78 is 15.2. The van der Waals surface area contributed by atoms with E-state index < -0.39 is 0 Å². The third kappa shape index (κ3) is 1.95. The van der Waals surface area contributed by atoms with Crippen molar-refractivity contribution in [2.75, 3.05) is 0 Å². The smallest absolute Gasteiger partial charge is 0.129 e. The van der Waals surface area contributed by atoms with Crippen molar-refractivity contribution in [1.82, 2.24) is 9.78 Å². The minimum atomic E-state index is -0.211. The predicted molar refractivity (Wildman–Crippen MR) is 60.9 cm³/mol. The molecule has 0 aliphatic carbocycles. The second kappa shape index (κ2) is 4.14. The van der Waals surface area contributed by atoms with Gasteiger partial charge in [0.05, 0.1) is 11.9 Å². The summed E-state index contributed by atoms with van der Waals surface area (Å²) in [5.41, 5.74) is 2.46. The fourth-order valence-corrected chi connectivity index (χ4v) is 1.99. The van der Waals surface area contributed by atoms with Crippen molar-refractivity contribution in [1.29, 1.82) is 0 Å². The van der Waals surface area contributed by atoms with Gasteiger partial charge < -0.3 is 0 Å². The molecule has 0 atom stereocenters. The van der Waals surface area contributed by atoms with Crippen molar-refractivity contribution in [2.45, 2.75) is 12.3 Å². The van der Waals surface area contributed by atoms with Crippen LogP contribution in [0.1, 0.15) is 11.1 Å². The van der Waals surface area contributed by atoms with Gasteiger partial charge in [0.15, 0.2) is 0 Å². The van der Waals surface area contributed by atoms with E-state index in [0.29, 0.717) is 10.9 Å². The monoisotopic (exact) mass is 268 g/mol. The molecule has 0 amide bonds. The summed E-state index contributed by atoms with van der Waals surface area (Å²) in [7, 11) is 0. The lowest BCUT2D eigenvalue weighted by atomic mass is 10.2. The minimum Gasteiger partial charge on any atom is -0.240 e. The Morgan fingerprint density at radius 2 is 2.27 bits per heavy atom. The molecule has 0 bridgehead atoms. The number of hydrogen-bond donors (Lipinski definition) is 0. The van der Waals surface area contributed by atoms with Crippen LogP contribution in [0, 0.1) is 12.7 Å². The molecule has 0 aliphatic heterocycles. The zero-order chi connectivity index (χ0) is 10.8. The maximum atomic E-state index is 13.5. The highest BCUT2D eigenvalue weighted by atomic mass is 79.9. The molecule has 2 aromatic rings. The number of halogens is 2. The number of aromatic nitrogens is 2. The molecule has 1 heterocycles. The molecule has 0 spiro atoms. The molecule has 4 heteroatoms. The Morgan fingerprint density at radius 1 is 1.47 bits per heavy atom. The summed E-state index contributed by atoms with van der Waals surface area (Å²) in [6, 6.07) is 5.00. The van der Waals surface area contributed by atoms with Gasteiger partial charge in [0.1, 0.15) is 5.82 Å². The maximum Gasteiger partial charge on any atom is 0.129 e. The van der Waals surface area contributed by atoms with Crippen LogP contribution in [0.2, 0.25) is 0 Å². The van der Waals surface area contributed by atoms with Gasteiger partial charge in [-0.25, -0.2) is 9.07 Å². The second-order valence-electron chi connectivity index (χ2n) is 3.33. The molecule has 0 aliphatic rings. The van der Waals surface area contributed by atoms with Crippen molar-refractivity contribution in [3.8, 4) is 5.69 Å². The van der Waals surface area contributed by atoms with Crippen LogP contribution in [0.25, 0.3) is 5.69 Å². The molecule has 0 saturated heterocycles. The Morgan fingerprint density at radius 3 is 2.87 bits per heavy atom. The largest absolute Gasteiger partial charge is 0.240 e. The van der Waals surface area contributed by atoms with E-state index in [9.17, 15) is 4.39 Å². The molecule has 15 heavy (non-hydrogen) atoms. The second-order valence-corrected chi connectivity index (χ2v) is 3.89. The van der Waals surface area contributed by atoms with Gasteiger partial charge in [-0.15, -0.1) is 0 Å². The highest BCUT2D eigenvalue weighted by molar-refractivity contribution is 9.08. The Labute approximate surface area is 95.9 Å². The van der Waals surface area contributed by atoms with Crippen LogP contribution >= 0.6 is 15.9 Å². The van der Waals surface area contributed by atoms with Crippen molar-refractivity contribution >= 4 is 15.9 Å². The van der Waals surface area contributed by atoms with E-state index >= 15 is 0 Å². The lowest BCUT2D eigenvalue weighted by molar-refractivity contribution is 0.614. The number of benzene rings is 1. The van der Waals surface area contributed by atoms with Gasteiger partial charge in [0.2, 0.25) is 0 Å². The molecule has 0 radical (unpaired) electrons. The van der Waals surface area contributed by atoms with Crippen LogP contribution in [0.15, 0.2) is 30.6 Å². The third-order valence-electron chi connectivity index (χ3n) is 2.19. The number of alkyl halides is 1. The highest BCUT2D eigenvalue weighted by Gasteiger charge is 2.08. The number of rotatable bonds is 2. The first kappa shape index (κ1) is 10.4.